The first-order valence-electron chi connectivity index (χ1n) is 8.97. The molecule has 0 amide bonds. The number of halogens is 1. The van der Waals surface area contributed by atoms with Crippen LogP contribution in [0.1, 0.15) is 42.4 Å². The van der Waals surface area contributed by atoms with Crippen LogP contribution in [0.3, 0.4) is 0 Å². The summed E-state index contributed by atoms with van der Waals surface area (Å²) in [6.07, 6.45) is 5.15. The quantitative estimate of drug-likeness (QED) is 0.785. The number of rotatable bonds is 6. The molecular weight excluding hydrogens is 316 g/mol. The third-order valence-electron chi connectivity index (χ3n) is 4.94. The Morgan fingerprint density at radius 3 is 1.75 bits per heavy atom. The van der Waals surface area contributed by atoms with Crippen LogP contribution in [0.2, 0.25) is 5.02 Å². The van der Waals surface area contributed by atoms with E-state index in [1.54, 1.807) is 0 Å². The number of benzene rings is 2. The Balaban J connectivity index is 1.52. The highest BCUT2D eigenvalue weighted by Crippen LogP contribution is 2.20. The molecule has 1 aliphatic carbocycles. The Morgan fingerprint density at radius 2 is 1.25 bits per heavy atom. The molecule has 0 aromatic heterocycles. The van der Waals surface area contributed by atoms with Crippen LogP contribution < -0.4 is 10.6 Å². The lowest BCUT2D eigenvalue weighted by Gasteiger charge is -2.33. The average Bonchev–Trinajstić information content (AvgIpc) is 2.61. The zero-order chi connectivity index (χ0) is 16.8. The summed E-state index contributed by atoms with van der Waals surface area (Å²) >= 11 is 5.96. The summed E-state index contributed by atoms with van der Waals surface area (Å²) in [6, 6.07) is 18.1. The average molecular weight is 343 g/mol. The molecule has 2 nitrogen and oxygen atoms in total. The summed E-state index contributed by atoms with van der Waals surface area (Å²) in [4.78, 5) is 0. The van der Waals surface area contributed by atoms with Crippen molar-refractivity contribution in [1.29, 1.82) is 0 Å². The molecule has 2 aromatic carbocycles. The second kappa shape index (κ2) is 8.66. The van der Waals surface area contributed by atoms with Crippen molar-refractivity contribution in [2.75, 3.05) is 0 Å². The summed E-state index contributed by atoms with van der Waals surface area (Å²) < 4.78 is 0. The molecule has 2 atom stereocenters. The SMILES string of the molecule is Cc1ccc(CNC2CCCCC2NCc2ccc(Cl)cc2)cc1. The van der Waals surface area contributed by atoms with Gasteiger partial charge in [-0.25, -0.2) is 0 Å². The largest absolute Gasteiger partial charge is 0.308 e. The molecule has 3 heteroatoms. The van der Waals surface area contributed by atoms with Gasteiger partial charge in [0.1, 0.15) is 0 Å². The molecule has 0 saturated heterocycles. The first-order valence-corrected chi connectivity index (χ1v) is 9.35. The molecule has 1 aliphatic rings. The summed E-state index contributed by atoms with van der Waals surface area (Å²) in [5.74, 6) is 0. The van der Waals surface area contributed by atoms with E-state index in [1.807, 2.05) is 12.1 Å². The van der Waals surface area contributed by atoms with Gasteiger partial charge in [-0.05, 0) is 43.0 Å². The summed E-state index contributed by atoms with van der Waals surface area (Å²) in [5.41, 5.74) is 3.98. The Bertz CT molecular complexity index is 564. The van der Waals surface area contributed by atoms with Crippen LogP contribution in [0.4, 0.5) is 0 Å². The van der Waals surface area contributed by atoms with Crippen molar-refractivity contribution in [2.45, 2.75) is 57.8 Å². The van der Waals surface area contributed by atoms with E-state index in [-0.39, 0.29) is 0 Å². The van der Waals surface area contributed by atoms with Crippen molar-refractivity contribution in [3.63, 3.8) is 0 Å². The van der Waals surface area contributed by atoms with Crippen LogP contribution in [-0.4, -0.2) is 12.1 Å². The first-order chi connectivity index (χ1) is 11.7. The summed E-state index contributed by atoms with van der Waals surface area (Å²) in [6.45, 7) is 3.99. The molecular formula is C21H27ClN2. The molecule has 3 rings (SSSR count). The van der Waals surface area contributed by atoms with Gasteiger partial charge in [-0.15, -0.1) is 0 Å². The van der Waals surface area contributed by atoms with Crippen molar-refractivity contribution in [1.82, 2.24) is 10.6 Å². The maximum atomic E-state index is 5.96. The van der Waals surface area contributed by atoms with Gasteiger partial charge in [-0.3, -0.25) is 0 Å². The lowest BCUT2D eigenvalue weighted by atomic mass is 9.90. The standard InChI is InChI=1S/C21H27ClN2/c1-16-6-8-17(9-7-16)14-23-20-4-2-3-5-21(20)24-15-18-10-12-19(22)13-11-18/h6-13,20-21,23-24H,2-5,14-15H2,1H3. The second-order valence-electron chi connectivity index (χ2n) is 6.87. The first kappa shape index (κ1) is 17.5. The van der Waals surface area contributed by atoms with Gasteiger partial charge >= 0.3 is 0 Å². The van der Waals surface area contributed by atoms with Gasteiger partial charge in [0.25, 0.3) is 0 Å². The predicted molar refractivity (Wildman–Crippen MR) is 102 cm³/mol. The minimum Gasteiger partial charge on any atom is -0.308 e. The van der Waals surface area contributed by atoms with Crippen LogP contribution in [-0.2, 0) is 13.1 Å². The fraction of sp³-hybridized carbons (Fsp3) is 0.429. The Hall–Kier alpha value is -1.35. The third kappa shape index (κ3) is 5.07. The molecule has 2 unspecified atom stereocenters. The van der Waals surface area contributed by atoms with E-state index in [2.05, 4.69) is 54.0 Å². The highest BCUT2D eigenvalue weighted by Gasteiger charge is 2.24. The zero-order valence-corrected chi connectivity index (χ0v) is 15.2. The van der Waals surface area contributed by atoms with Crippen LogP contribution in [0.5, 0.6) is 0 Å². The zero-order valence-electron chi connectivity index (χ0n) is 14.4. The van der Waals surface area contributed by atoms with E-state index in [1.165, 1.54) is 42.4 Å². The predicted octanol–water partition coefficient (Wildman–Crippen LogP) is 4.84. The summed E-state index contributed by atoms with van der Waals surface area (Å²) in [7, 11) is 0. The van der Waals surface area contributed by atoms with E-state index in [4.69, 9.17) is 11.6 Å². The number of hydrogen-bond acceptors (Lipinski definition) is 2. The highest BCUT2D eigenvalue weighted by molar-refractivity contribution is 6.30. The normalized spacial score (nSPS) is 20.9. The second-order valence-corrected chi connectivity index (χ2v) is 7.31. The van der Waals surface area contributed by atoms with Gasteiger partial charge in [0.2, 0.25) is 0 Å². The smallest absolute Gasteiger partial charge is 0.0406 e. The number of nitrogens with one attached hydrogen (secondary N) is 2. The van der Waals surface area contributed by atoms with E-state index >= 15 is 0 Å². The molecule has 2 N–H and O–H groups in total. The molecule has 1 fully saturated rings. The summed E-state index contributed by atoms with van der Waals surface area (Å²) in [5, 5.41) is 8.32. The molecule has 1 saturated carbocycles. The highest BCUT2D eigenvalue weighted by atomic mass is 35.5. The Kier molecular flexibility index (Phi) is 6.30. The fourth-order valence-electron chi connectivity index (χ4n) is 3.43. The fourth-order valence-corrected chi connectivity index (χ4v) is 3.55. The Labute approximate surface area is 150 Å². The van der Waals surface area contributed by atoms with Crippen LogP contribution in [0, 0.1) is 6.92 Å². The lowest BCUT2D eigenvalue weighted by molar-refractivity contribution is 0.281. The van der Waals surface area contributed by atoms with E-state index in [9.17, 15) is 0 Å². The topological polar surface area (TPSA) is 24.1 Å². The molecule has 0 spiro atoms. The minimum absolute atomic E-state index is 0.542. The van der Waals surface area contributed by atoms with Gasteiger partial charge in [0.05, 0.1) is 0 Å². The third-order valence-corrected chi connectivity index (χ3v) is 5.19. The minimum atomic E-state index is 0.542. The lowest BCUT2D eigenvalue weighted by Crippen LogP contribution is -2.49. The molecule has 2 aromatic rings. The van der Waals surface area contributed by atoms with E-state index in [0.717, 1.165) is 18.1 Å². The van der Waals surface area contributed by atoms with Crippen molar-refractivity contribution in [3.05, 3.63) is 70.2 Å². The van der Waals surface area contributed by atoms with Gasteiger partial charge in [-0.1, -0.05) is 66.4 Å². The van der Waals surface area contributed by atoms with Crippen molar-refractivity contribution >= 4 is 11.6 Å². The van der Waals surface area contributed by atoms with Crippen LogP contribution in [0.25, 0.3) is 0 Å². The monoisotopic (exact) mass is 342 g/mol. The number of aryl methyl sites for hydroxylation is 1. The molecule has 0 aliphatic heterocycles. The molecule has 128 valence electrons. The van der Waals surface area contributed by atoms with Gasteiger partial charge in [-0.2, -0.15) is 0 Å². The van der Waals surface area contributed by atoms with E-state index in [0.29, 0.717) is 12.1 Å². The number of hydrogen-bond donors (Lipinski definition) is 2. The van der Waals surface area contributed by atoms with Crippen LogP contribution in [0.15, 0.2) is 48.5 Å². The Morgan fingerprint density at radius 1 is 0.792 bits per heavy atom. The van der Waals surface area contributed by atoms with Crippen LogP contribution >= 0.6 is 11.6 Å². The van der Waals surface area contributed by atoms with Gasteiger partial charge in [0.15, 0.2) is 0 Å². The van der Waals surface area contributed by atoms with Gasteiger partial charge < -0.3 is 10.6 Å². The van der Waals surface area contributed by atoms with Crippen molar-refractivity contribution < 1.29 is 0 Å². The van der Waals surface area contributed by atoms with E-state index < -0.39 is 0 Å². The maximum absolute atomic E-state index is 5.96. The van der Waals surface area contributed by atoms with Crippen molar-refractivity contribution in [3.8, 4) is 0 Å². The van der Waals surface area contributed by atoms with Gasteiger partial charge in [0, 0.05) is 30.2 Å². The maximum Gasteiger partial charge on any atom is 0.0406 e. The molecule has 0 heterocycles. The molecule has 0 bridgehead atoms. The molecule has 0 radical (unpaired) electrons. The van der Waals surface area contributed by atoms with Crippen molar-refractivity contribution in [2.24, 2.45) is 0 Å². The molecule has 24 heavy (non-hydrogen) atoms.